The van der Waals surface area contributed by atoms with E-state index in [4.69, 9.17) is 34.8 Å². The highest BCUT2D eigenvalue weighted by molar-refractivity contribution is 6.44. The van der Waals surface area contributed by atoms with Crippen LogP contribution >= 0.6 is 34.8 Å². The van der Waals surface area contributed by atoms with Gasteiger partial charge in [-0.15, -0.1) is 0 Å². The Labute approximate surface area is 171 Å². The lowest BCUT2D eigenvalue weighted by Crippen LogP contribution is -2.16. The summed E-state index contributed by atoms with van der Waals surface area (Å²) in [6.07, 6.45) is 1.15. The van der Waals surface area contributed by atoms with Gasteiger partial charge in [-0.1, -0.05) is 34.8 Å². The highest BCUT2D eigenvalue weighted by Gasteiger charge is 2.12. The molecule has 2 rings (SSSR count). The normalized spacial score (nSPS) is 11.1. The molecule has 0 spiro atoms. The van der Waals surface area contributed by atoms with Gasteiger partial charge in [-0.3, -0.25) is 14.4 Å². The van der Waals surface area contributed by atoms with E-state index in [1.54, 1.807) is 24.3 Å². The summed E-state index contributed by atoms with van der Waals surface area (Å²) < 4.78 is 0. The molecule has 0 aliphatic carbocycles. The van der Waals surface area contributed by atoms with Crippen LogP contribution in [0.1, 0.15) is 24.2 Å². The molecule has 0 aliphatic rings. The molecule has 0 atom stereocenters. The van der Waals surface area contributed by atoms with E-state index >= 15 is 0 Å². The third-order valence-corrected chi connectivity index (χ3v) is 4.56. The number of hydrogen-bond donors (Lipinski definition) is 2. The Balaban J connectivity index is 2.05. The van der Waals surface area contributed by atoms with Gasteiger partial charge in [0.2, 0.25) is 5.91 Å². The molecule has 5 nitrogen and oxygen atoms in total. The van der Waals surface area contributed by atoms with E-state index in [2.05, 4.69) is 10.6 Å². The quantitative estimate of drug-likeness (QED) is 0.384. The van der Waals surface area contributed by atoms with Gasteiger partial charge in [0.15, 0.2) is 5.78 Å². The minimum Gasteiger partial charge on any atom is -0.323 e. The van der Waals surface area contributed by atoms with E-state index < -0.39 is 11.8 Å². The maximum absolute atomic E-state index is 12.2. The molecule has 2 N–H and O–H groups in total. The van der Waals surface area contributed by atoms with Crippen molar-refractivity contribution in [3.63, 3.8) is 0 Å². The molecule has 0 fully saturated rings. The van der Waals surface area contributed by atoms with Crippen LogP contribution in [0.5, 0.6) is 0 Å². The van der Waals surface area contributed by atoms with Gasteiger partial charge in [-0.25, -0.2) is 0 Å². The van der Waals surface area contributed by atoms with Gasteiger partial charge < -0.3 is 10.6 Å². The van der Waals surface area contributed by atoms with Crippen LogP contribution in [-0.2, 0) is 9.59 Å². The number of carbonyl (C=O) groups excluding carboxylic acids is 3. The average Bonchev–Trinajstić information content (AvgIpc) is 2.59. The topological polar surface area (TPSA) is 75.3 Å². The van der Waals surface area contributed by atoms with Gasteiger partial charge in [0.05, 0.1) is 20.8 Å². The smallest absolute Gasteiger partial charge is 0.251 e. The van der Waals surface area contributed by atoms with Crippen LogP contribution in [-0.4, -0.2) is 17.6 Å². The van der Waals surface area contributed by atoms with E-state index in [9.17, 15) is 14.4 Å². The molecule has 2 aromatic carbocycles. The third kappa shape index (κ3) is 5.82. The van der Waals surface area contributed by atoms with Crippen molar-refractivity contribution in [2.24, 2.45) is 0 Å². The number of halogens is 3. The molecular formula is C19H15Cl3N2O3. The summed E-state index contributed by atoms with van der Waals surface area (Å²) in [5, 5.41) is 5.91. The molecule has 0 aliphatic heterocycles. The van der Waals surface area contributed by atoms with Crippen LogP contribution in [0.4, 0.5) is 11.4 Å². The fourth-order valence-corrected chi connectivity index (χ4v) is 2.66. The van der Waals surface area contributed by atoms with Crippen molar-refractivity contribution in [3.05, 3.63) is 68.7 Å². The zero-order chi connectivity index (χ0) is 20.1. The summed E-state index contributed by atoms with van der Waals surface area (Å²) >= 11 is 17.8. The monoisotopic (exact) mass is 424 g/mol. The lowest BCUT2D eigenvalue weighted by Gasteiger charge is -2.09. The Hall–Kier alpha value is -2.34. The second kappa shape index (κ2) is 9.04. The van der Waals surface area contributed by atoms with Gasteiger partial charge in [0, 0.05) is 22.9 Å². The van der Waals surface area contributed by atoms with E-state index in [-0.39, 0.29) is 32.1 Å². The molecule has 0 radical (unpaired) electrons. The Kier molecular flexibility index (Phi) is 7.02. The maximum atomic E-state index is 12.2. The summed E-state index contributed by atoms with van der Waals surface area (Å²) in [4.78, 5) is 35.5. The van der Waals surface area contributed by atoms with E-state index in [0.717, 1.165) is 6.08 Å². The molecule has 0 aromatic heterocycles. The van der Waals surface area contributed by atoms with E-state index in [1.165, 1.54) is 26.0 Å². The number of Topliss-reactive ketones (excluding diaryl/α,β-unsaturated/α-hetero) is 1. The fraction of sp³-hybridized carbons (Fsp3) is 0.105. The number of nitrogens with one attached hydrogen (secondary N) is 2. The molecule has 0 saturated heterocycles. The Morgan fingerprint density at radius 1 is 0.852 bits per heavy atom. The van der Waals surface area contributed by atoms with Gasteiger partial charge in [0.1, 0.15) is 0 Å². The fourth-order valence-electron chi connectivity index (χ4n) is 2.07. The Bertz CT molecular complexity index is 938. The summed E-state index contributed by atoms with van der Waals surface area (Å²) in [5.74, 6) is -1.07. The van der Waals surface area contributed by atoms with Crippen molar-refractivity contribution in [2.45, 2.75) is 13.8 Å². The van der Waals surface area contributed by atoms with Crippen molar-refractivity contribution in [2.75, 3.05) is 10.6 Å². The number of carbonyl (C=O) groups is 3. The number of anilines is 2. The largest absolute Gasteiger partial charge is 0.323 e. The molecule has 140 valence electrons. The second-order valence-electron chi connectivity index (χ2n) is 5.65. The van der Waals surface area contributed by atoms with Gasteiger partial charge in [-0.05, 0) is 50.2 Å². The summed E-state index contributed by atoms with van der Waals surface area (Å²) in [6, 6.07) is 9.26. The minimum absolute atomic E-state index is 0.0683. The molecule has 27 heavy (non-hydrogen) atoms. The number of rotatable bonds is 5. The second-order valence-corrected chi connectivity index (χ2v) is 6.87. The molecule has 0 heterocycles. The first-order valence-corrected chi connectivity index (χ1v) is 8.87. The first-order valence-electron chi connectivity index (χ1n) is 7.73. The lowest BCUT2D eigenvalue weighted by atomic mass is 10.1. The van der Waals surface area contributed by atoms with Crippen molar-refractivity contribution >= 4 is 63.8 Å². The van der Waals surface area contributed by atoms with Crippen LogP contribution in [0.3, 0.4) is 0 Å². The zero-order valence-electron chi connectivity index (χ0n) is 14.4. The highest BCUT2D eigenvalue weighted by Crippen LogP contribution is 2.32. The van der Waals surface area contributed by atoms with E-state index in [0.29, 0.717) is 11.3 Å². The summed E-state index contributed by atoms with van der Waals surface area (Å²) in [5.41, 5.74) is 1.48. The molecule has 0 saturated carbocycles. The van der Waals surface area contributed by atoms with Crippen molar-refractivity contribution in [1.82, 2.24) is 0 Å². The standard InChI is InChI=1S/C19H15Cl3N2O3/c1-10(19(27)24-17-9-15(21)14(20)8-16(17)22)7-18(26)23-13-5-3-12(4-6-13)11(2)25/h3-9H,1-2H3,(H,23,26)(H,24,27)/b10-7-. The SMILES string of the molecule is CC(=O)c1ccc(NC(=O)/C=C(/C)C(=O)Nc2cc(Cl)c(Cl)cc2Cl)cc1. The van der Waals surface area contributed by atoms with Gasteiger partial charge in [0.25, 0.3) is 5.91 Å². The van der Waals surface area contributed by atoms with Gasteiger partial charge >= 0.3 is 0 Å². The molecule has 2 aromatic rings. The Morgan fingerprint density at radius 3 is 2.04 bits per heavy atom. The maximum Gasteiger partial charge on any atom is 0.251 e. The van der Waals surface area contributed by atoms with Crippen molar-refractivity contribution < 1.29 is 14.4 Å². The number of ketones is 1. The van der Waals surface area contributed by atoms with Crippen LogP contribution in [0.15, 0.2) is 48.0 Å². The lowest BCUT2D eigenvalue weighted by molar-refractivity contribution is -0.114. The van der Waals surface area contributed by atoms with E-state index in [1.807, 2.05) is 0 Å². The molecule has 0 unspecified atom stereocenters. The molecule has 0 bridgehead atoms. The van der Waals surface area contributed by atoms with Crippen LogP contribution in [0, 0.1) is 0 Å². The van der Waals surface area contributed by atoms with Crippen molar-refractivity contribution in [3.8, 4) is 0 Å². The van der Waals surface area contributed by atoms with Crippen LogP contribution < -0.4 is 10.6 Å². The molecule has 8 heteroatoms. The number of amides is 2. The first-order chi connectivity index (χ1) is 12.7. The first kappa shape index (κ1) is 21.0. The third-order valence-electron chi connectivity index (χ3n) is 3.52. The molecule has 2 amide bonds. The number of benzene rings is 2. The Morgan fingerprint density at radius 2 is 1.44 bits per heavy atom. The van der Waals surface area contributed by atoms with Gasteiger partial charge in [-0.2, -0.15) is 0 Å². The van der Waals surface area contributed by atoms with Crippen LogP contribution in [0.2, 0.25) is 15.1 Å². The van der Waals surface area contributed by atoms with Crippen LogP contribution in [0.25, 0.3) is 0 Å². The average molecular weight is 426 g/mol. The number of hydrogen-bond acceptors (Lipinski definition) is 3. The minimum atomic E-state index is -0.516. The summed E-state index contributed by atoms with van der Waals surface area (Å²) in [7, 11) is 0. The van der Waals surface area contributed by atoms with Crippen molar-refractivity contribution in [1.29, 1.82) is 0 Å². The predicted octanol–water partition coefficient (Wildman–Crippen LogP) is 5.37. The molecular weight excluding hydrogens is 411 g/mol. The summed E-state index contributed by atoms with van der Waals surface area (Å²) in [6.45, 7) is 2.94. The zero-order valence-corrected chi connectivity index (χ0v) is 16.7. The predicted molar refractivity (Wildman–Crippen MR) is 109 cm³/mol. The highest BCUT2D eigenvalue weighted by atomic mass is 35.5.